The molecule has 0 bridgehead atoms. The third-order valence-corrected chi connectivity index (χ3v) is 5.20. The van der Waals surface area contributed by atoms with Gasteiger partial charge in [0.25, 0.3) is 5.91 Å². The highest BCUT2D eigenvalue weighted by Gasteiger charge is 2.49. The molecule has 1 aliphatic heterocycles. The maximum atomic E-state index is 12.8. The highest BCUT2D eigenvalue weighted by molar-refractivity contribution is 7.14. The van der Waals surface area contributed by atoms with Crippen LogP contribution in [-0.4, -0.2) is 29.2 Å². The molecule has 2 heterocycles. The van der Waals surface area contributed by atoms with Crippen molar-refractivity contribution in [2.24, 2.45) is 0 Å². The van der Waals surface area contributed by atoms with Gasteiger partial charge < -0.3 is 5.32 Å². The van der Waals surface area contributed by atoms with Gasteiger partial charge in [-0.25, -0.2) is 4.79 Å². The number of aryl methyl sites for hydroxylation is 1. The van der Waals surface area contributed by atoms with E-state index >= 15 is 0 Å². The van der Waals surface area contributed by atoms with Crippen LogP contribution >= 0.6 is 11.3 Å². The van der Waals surface area contributed by atoms with E-state index in [4.69, 9.17) is 5.26 Å². The number of amides is 3. The number of nitriles is 1. The van der Waals surface area contributed by atoms with Gasteiger partial charge in [-0.15, -0.1) is 11.3 Å². The highest BCUT2D eigenvalue weighted by Crippen LogP contribution is 2.29. The second kappa shape index (κ2) is 6.15. The predicted octanol–water partition coefficient (Wildman–Crippen LogP) is 2.58. The van der Waals surface area contributed by atoms with E-state index in [-0.39, 0.29) is 12.3 Å². The Balaban J connectivity index is 1.86. The third kappa shape index (κ3) is 2.92. The maximum Gasteiger partial charge on any atom is 0.325 e. The molecule has 1 aromatic heterocycles. The first kappa shape index (κ1) is 16.9. The average Bonchev–Trinajstić information content (AvgIpc) is 3.13. The van der Waals surface area contributed by atoms with Crippen LogP contribution in [0.4, 0.5) is 4.79 Å². The van der Waals surface area contributed by atoms with Gasteiger partial charge >= 0.3 is 6.03 Å². The Morgan fingerprint density at radius 3 is 2.72 bits per heavy atom. The van der Waals surface area contributed by atoms with E-state index in [1.54, 1.807) is 37.3 Å². The monoisotopic (exact) mass is 353 g/mol. The predicted molar refractivity (Wildman–Crippen MR) is 92.1 cm³/mol. The number of ketones is 1. The molecule has 1 fully saturated rings. The van der Waals surface area contributed by atoms with E-state index in [1.807, 2.05) is 19.1 Å². The van der Waals surface area contributed by atoms with Gasteiger partial charge in [-0.3, -0.25) is 14.5 Å². The van der Waals surface area contributed by atoms with Crippen molar-refractivity contribution < 1.29 is 14.4 Å². The molecule has 1 saturated heterocycles. The van der Waals surface area contributed by atoms with Gasteiger partial charge in [-0.1, -0.05) is 12.1 Å². The first-order chi connectivity index (χ1) is 11.8. The summed E-state index contributed by atoms with van der Waals surface area (Å²) in [5.74, 6) is -0.786. The number of thiophene rings is 1. The molecule has 1 N–H and O–H groups in total. The van der Waals surface area contributed by atoms with Crippen LogP contribution in [0.1, 0.15) is 32.6 Å². The van der Waals surface area contributed by atoms with Crippen LogP contribution in [-0.2, 0) is 10.3 Å². The number of urea groups is 1. The summed E-state index contributed by atoms with van der Waals surface area (Å²) in [4.78, 5) is 39.9. The minimum absolute atomic E-state index is 0.281. The Kier molecular flexibility index (Phi) is 4.15. The first-order valence-corrected chi connectivity index (χ1v) is 8.41. The summed E-state index contributed by atoms with van der Waals surface area (Å²) in [7, 11) is 0. The quantitative estimate of drug-likeness (QED) is 0.676. The van der Waals surface area contributed by atoms with Crippen molar-refractivity contribution in [3.63, 3.8) is 0 Å². The van der Waals surface area contributed by atoms with Crippen LogP contribution < -0.4 is 5.32 Å². The van der Waals surface area contributed by atoms with Gasteiger partial charge in [0.1, 0.15) is 5.54 Å². The Hall–Kier alpha value is -2.98. The molecule has 3 rings (SSSR count). The summed E-state index contributed by atoms with van der Waals surface area (Å²) >= 11 is 1.33. The molecule has 7 heteroatoms. The molecule has 3 amide bonds. The lowest BCUT2D eigenvalue weighted by atomic mass is 9.91. The average molecular weight is 353 g/mol. The summed E-state index contributed by atoms with van der Waals surface area (Å²) in [5, 5.41) is 11.7. The summed E-state index contributed by atoms with van der Waals surface area (Å²) in [6.45, 7) is 3.15. The number of hydrogen-bond donors (Lipinski definition) is 1. The number of benzene rings is 1. The Labute approximate surface area is 148 Å². The lowest BCUT2D eigenvalue weighted by Crippen LogP contribution is -2.41. The molecule has 0 spiro atoms. The zero-order valence-electron chi connectivity index (χ0n) is 13.7. The Morgan fingerprint density at radius 1 is 1.32 bits per heavy atom. The van der Waals surface area contributed by atoms with Gasteiger partial charge in [-0.2, -0.15) is 5.26 Å². The van der Waals surface area contributed by atoms with E-state index in [9.17, 15) is 14.4 Å². The second-order valence-electron chi connectivity index (χ2n) is 5.97. The van der Waals surface area contributed by atoms with Crippen molar-refractivity contribution in [3.05, 3.63) is 57.3 Å². The van der Waals surface area contributed by atoms with Gasteiger partial charge in [0.05, 0.1) is 23.1 Å². The molecule has 1 atom stereocenters. The smallest absolute Gasteiger partial charge is 0.319 e. The fourth-order valence-corrected chi connectivity index (χ4v) is 3.54. The van der Waals surface area contributed by atoms with E-state index in [0.29, 0.717) is 16.0 Å². The van der Waals surface area contributed by atoms with Crippen molar-refractivity contribution in [1.29, 1.82) is 5.26 Å². The molecule has 0 radical (unpaired) electrons. The first-order valence-electron chi connectivity index (χ1n) is 7.59. The lowest BCUT2D eigenvalue weighted by molar-refractivity contribution is -0.130. The molecule has 2 aromatic rings. The number of hydrogen-bond acceptors (Lipinski definition) is 5. The van der Waals surface area contributed by atoms with Crippen molar-refractivity contribution in [3.8, 4) is 6.07 Å². The van der Waals surface area contributed by atoms with Crippen LogP contribution in [0.15, 0.2) is 36.4 Å². The number of nitrogens with zero attached hydrogens (tertiary/aromatic N) is 2. The SMILES string of the molecule is Cc1ccc(C(=O)CN2C(=O)N[C@](C)(c3cccc(C#N)c3)C2=O)s1. The number of carbonyl (C=O) groups is 3. The molecule has 1 aromatic carbocycles. The number of nitrogens with one attached hydrogen (secondary N) is 1. The molecule has 0 saturated carbocycles. The molecule has 6 nitrogen and oxygen atoms in total. The number of Topliss-reactive ketones (excluding diaryl/α,β-unsaturated/α-hetero) is 1. The normalized spacial score (nSPS) is 19.6. The van der Waals surface area contributed by atoms with Gasteiger partial charge in [0, 0.05) is 4.88 Å². The van der Waals surface area contributed by atoms with E-state index in [2.05, 4.69) is 5.32 Å². The minimum Gasteiger partial charge on any atom is -0.319 e. The molecule has 0 aliphatic carbocycles. The fourth-order valence-electron chi connectivity index (χ4n) is 2.74. The molecular formula is C18H15N3O3S. The number of carbonyl (C=O) groups excluding carboxylic acids is 3. The van der Waals surface area contributed by atoms with Crippen LogP contribution in [0, 0.1) is 18.3 Å². The second-order valence-corrected chi connectivity index (χ2v) is 7.26. The fraction of sp³-hybridized carbons (Fsp3) is 0.222. The van der Waals surface area contributed by atoms with Crippen LogP contribution in [0.25, 0.3) is 0 Å². The minimum atomic E-state index is -1.30. The van der Waals surface area contributed by atoms with E-state index in [1.165, 1.54) is 11.3 Å². The van der Waals surface area contributed by atoms with E-state index in [0.717, 1.165) is 9.78 Å². The van der Waals surface area contributed by atoms with Crippen molar-refractivity contribution in [2.45, 2.75) is 19.4 Å². The highest BCUT2D eigenvalue weighted by atomic mass is 32.1. The zero-order chi connectivity index (χ0) is 18.2. The summed E-state index contributed by atoms with van der Waals surface area (Å²) in [5.41, 5.74) is -0.397. The summed E-state index contributed by atoms with van der Waals surface area (Å²) < 4.78 is 0. The molecule has 126 valence electrons. The van der Waals surface area contributed by atoms with Crippen molar-refractivity contribution >= 4 is 29.1 Å². The van der Waals surface area contributed by atoms with Crippen LogP contribution in [0.3, 0.4) is 0 Å². The number of rotatable bonds is 4. The molecule has 1 aliphatic rings. The van der Waals surface area contributed by atoms with Gasteiger partial charge in [0.15, 0.2) is 5.78 Å². The van der Waals surface area contributed by atoms with Crippen LogP contribution in [0.2, 0.25) is 0 Å². The molecule has 25 heavy (non-hydrogen) atoms. The summed E-state index contributed by atoms with van der Waals surface area (Å²) in [6.07, 6.45) is 0. The van der Waals surface area contributed by atoms with Gasteiger partial charge in [0.2, 0.25) is 0 Å². The third-order valence-electron chi connectivity index (χ3n) is 4.16. The number of imide groups is 1. The topological polar surface area (TPSA) is 90.3 Å². The molecular weight excluding hydrogens is 338 g/mol. The largest absolute Gasteiger partial charge is 0.325 e. The Morgan fingerprint density at radius 2 is 2.08 bits per heavy atom. The zero-order valence-corrected chi connectivity index (χ0v) is 14.5. The molecule has 0 unspecified atom stereocenters. The lowest BCUT2D eigenvalue weighted by Gasteiger charge is -2.22. The van der Waals surface area contributed by atoms with Crippen molar-refractivity contribution in [1.82, 2.24) is 10.2 Å². The standard InChI is InChI=1S/C18H15N3O3S/c1-11-6-7-15(25-11)14(22)10-21-16(23)18(2,20-17(21)24)13-5-3-4-12(8-13)9-19/h3-8H,10H2,1-2H3,(H,20,24)/t18-/m1/s1. The van der Waals surface area contributed by atoms with Crippen molar-refractivity contribution in [2.75, 3.05) is 6.54 Å². The summed E-state index contributed by atoms with van der Waals surface area (Å²) in [6, 6.07) is 11.4. The van der Waals surface area contributed by atoms with Gasteiger partial charge in [-0.05, 0) is 43.7 Å². The maximum absolute atomic E-state index is 12.8. The Bertz CT molecular complexity index is 928. The van der Waals surface area contributed by atoms with E-state index < -0.39 is 17.5 Å². The van der Waals surface area contributed by atoms with Crippen LogP contribution in [0.5, 0.6) is 0 Å².